The van der Waals surface area contributed by atoms with E-state index in [9.17, 15) is 4.79 Å². The van der Waals surface area contributed by atoms with Crippen molar-refractivity contribution in [2.45, 2.75) is 59.4 Å². The molecule has 2 rings (SSSR count). The van der Waals surface area contributed by atoms with Crippen LogP contribution in [0.3, 0.4) is 0 Å². The number of hydrogen-bond acceptors (Lipinski definition) is 3. The number of nitrogens with zero attached hydrogens (tertiary/aromatic N) is 1. The Kier molecular flexibility index (Phi) is 7.00. The molecule has 1 aromatic rings. The molecule has 0 saturated carbocycles. The topological polar surface area (TPSA) is 41.6 Å². The summed E-state index contributed by atoms with van der Waals surface area (Å²) in [5.41, 5.74) is 3.24. The largest absolute Gasteiger partial charge is 0.373 e. The summed E-state index contributed by atoms with van der Waals surface area (Å²) >= 11 is 0. The van der Waals surface area contributed by atoms with Crippen LogP contribution in [0.5, 0.6) is 0 Å². The molecule has 2 atom stereocenters. The highest BCUT2D eigenvalue weighted by molar-refractivity contribution is 5.92. The molecular formula is C20H30N2O2. The van der Waals surface area contributed by atoms with E-state index < -0.39 is 0 Å². The van der Waals surface area contributed by atoms with Crippen LogP contribution in [0.15, 0.2) is 35.9 Å². The highest BCUT2D eigenvalue weighted by Crippen LogP contribution is 2.17. The van der Waals surface area contributed by atoms with Crippen molar-refractivity contribution in [3.63, 3.8) is 0 Å². The minimum absolute atomic E-state index is 0.0141. The van der Waals surface area contributed by atoms with Gasteiger partial charge in [0.1, 0.15) is 0 Å². The number of carbonyl (C=O) groups excluding carboxylic acids is 1. The van der Waals surface area contributed by atoms with Gasteiger partial charge in [-0.05, 0) is 38.3 Å². The summed E-state index contributed by atoms with van der Waals surface area (Å²) in [6.45, 7) is 11.5. The van der Waals surface area contributed by atoms with Gasteiger partial charge in [0.05, 0.1) is 12.2 Å². The first-order valence-corrected chi connectivity index (χ1v) is 8.89. The fraction of sp³-hybridized carbons (Fsp3) is 0.550. The lowest BCUT2D eigenvalue weighted by Gasteiger charge is -2.35. The highest BCUT2D eigenvalue weighted by atomic mass is 16.5. The second-order valence-corrected chi connectivity index (χ2v) is 6.70. The van der Waals surface area contributed by atoms with Gasteiger partial charge in [0.15, 0.2) is 0 Å². The first-order valence-electron chi connectivity index (χ1n) is 8.89. The summed E-state index contributed by atoms with van der Waals surface area (Å²) in [5.74, 6) is 0.0141. The Bertz CT molecular complexity index is 573. The molecule has 24 heavy (non-hydrogen) atoms. The quantitative estimate of drug-likeness (QED) is 0.814. The van der Waals surface area contributed by atoms with Gasteiger partial charge in [-0.25, -0.2) is 0 Å². The van der Waals surface area contributed by atoms with Gasteiger partial charge in [0.2, 0.25) is 5.91 Å². The molecule has 1 amide bonds. The van der Waals surface area contributed by atoms with Crippen LogP contribution < -0.4 is 5.32 Å². The average molecular weight is 330 g/mol. The van der Waals surface area contributed by atoms with Crippen LogP contribution in [0.2, 0.25) is 0 Å². The van der Waals surface area contributed by atoms with Crippen molar-refractivity contribution in [3.05, 3.63) is 47.0 Å². The van der Waals surface area contributed by atoms with E-state index in [0.29, 0.717) is 6.54 Å². The molecule has 0 spiro atoms. The summed E-state index contributed by atoms with van der Waals surface area (Å²) in [6, 6.07) is 8.35. The van der Waals surface area contributed by atoms with Crippen LogP contribution in [0.1, 0.15) is 45.2 Å². The van der Waals surface area contributed by atoms with Gasteiger partial charge in [0, 0.05) is 31.8 Å². The minimum Gasteiger partial charge on any atom is -0.373 e. The molecule has 1 N–H and O–H groups in total. The summed E-state index contributed by atoms with van der Waals surface area (Å²) in [6.07, 6.45) is 3.37. The van der Waals surface area contributed by atoms with E-state index in [4.69, 9.17) is 4.74 Å². The Morgan fingerprint density at radius 1 is 1.25 bits per heavy atom. The highest BCUT2D eigenvalue weighted by Gasteiger charge is 2.22. The average Bonchev–Trinajstić information content (AvgIpc) is 2.53. The van der Waals surface area contributed by atoms with Crippen LogP contribution >= 0.6 is 0 Å². The second kappa shape index (κ2) is 9.00. The number of hydrogen-bond donors (Lipinski definition) is 1. The number of allylic oxidation sites excluding steroid dienone is 1. The first-order chi connectivity index (χ1) is 11.5. The third-order valence-corrected chi connectivity index (χ3v) is 4.32. The van der Waals surface area contributed by atoms with E-state index in [2.05, 4.69) is 42.3 Å². The number of nitrogens with one attached hydrogen (secondary N) is 1. The predicted molar refractivity (Wildman–Crippen MR) is 97.6 cm³/mol. The fourth-order valence-corrected chi connectivity index (χ4v) is 3.25. The lowest BCUT2D eigenvalue weighted by Crippen LogP contribution is -2.45. The molecule has 4 nitrogen and oxygen atoms in total. The summed E-state index contributed by atoms with van der Waals surface area (Å²) < 4.78 is 5.81. The van der Waals surface area contributed by atoms with Crippen molar-refractivity contribution in [1.82, 2.24) is 10.2 Å². The number of benzene rings is 1. The maximum atomic E-state index is 12.1. The standard InChI is InChI=1S/C20H30N2O2/c1-5-8-15(2)20(23)21-11-18-9-6-7-10-19(18)14-22-12-16(3)24-17(4)13-22/h6-10,16-17H,5,11-14H2,1-4H3,(H,21,23)/b15-8+/t16-,17+. The van der Waals surface area contributed by atoms with E-state index >= 15 is 0 Å². The predicted octanol–water partition coefficient (Wildman–Crippen LogP) is 3.27. The Balaban J connectivity index is 1.99. The molecule has 0 radical (unpaired) electrons. The smallest absolute Gasteiger partial charge is 0.246 e. The third-order valence-electron chi connectivity index (χ3n) is 4.32. The molecule has 0 aliphatic carbocycles. The van der Waals surface area contributed by atoms with E-state index in [1.165, 1.54) is 11.1 Å². The van der Waals surface area contributed by atoms with Crippen molar-refractivity contribution in [2.75, 3.05) is 13.1 Å². The Morgan fingerprint density at radius 2 is 1.88 bits per heavy atom. The number of morpholine rings is 1. The Hall–Kier alpha value is -1.65. The Morgan fingerprint density at radius 3 is 2.50 bits per heavy atom. The molecule has 1 aliphatic heterocycles. The fourth-order valence-electron chi connectivity index (χ4n) is 3.25. The second-order valence-electron chi connectivity index (χ2n) is 6.70. The van der Waals surface area contributed by atoms with Crippen molar-refractivity contribution >= 4 is 5.91 Å². The first kappa shape index (κ1) is 18.7. The zero-order chi connectivity index (χ0) is 17.5. The lowest BCUT2D eigenvalue weighted by atomic mass is 10.1. The SMILES string of the molecule is CC/C=C(\C)C(=O)NCc1ccccc1CN1C[C@@H](C)O[C@@H](C)C1. The Labute approximate surface area is 145 Å². The number of carbonyl (C=O) groups is 1. The maximum absolute atomic E-state index is 12.1. The van der Waals surface area contributed by atoms with Crippen LogP contribution in [0, 0.1) is 0 Å². The molecule has 4 heteroatoms. The summed E-state index contributed by atoms with van der Waals surface area (Å²) in [5, 5.41) is 3.03. The van der Waals surface area contributed by atoms with Gasteiger partial charge in [-0.15, -0.1) is 0 Å². The maximum Gasteiger partial charge on any atom is 0.246 e. The zero-order valence-corrected chi connectivity index (χ0v) is 15.3. The van der Waals surface area contributed by atoms with Crippen LogP contribution in [0.25, 0.3) is 0 Å². The monoisotopic (exact) mass is 330 g/mol. The van der Waals surface area contributed by atoms with Gasteiger partial charge >= 0.3 is 0 Å². The lowest BCUT2D eigenvalue weighted by molar-refractivity contribution is -0.117. The van der Waals surface area contributed by atoms with Crippen molar-refractivity contribution in [1.29, 1.82) is 0 Å². The number of amides is 1. The molecule has 132 valence electrons. The number of rotatable bonds is 6. The minimum atomic E-state index is 0.0141. The third kappa shape index (κ3) is 5.46. The molecule has 1 fully saturated rings. The van der Waals surface area contributed by atoms with Gasteiger partial charge in [-0.2, -0.15) is 0 Å². The van der Waals surface area contributed by atoms with E-state index in [1.807, 2.05) is 26.0 Å². The van der Waals surface area contributed by atoms with Crippen LogP contribution in [0.4, 0.5) is 0 Å². The van der Waals surface area contributed by atoms with Crippen molar-refractivity contribution < 1.29 is 9.53 Å². The van der Waals surface area contributed by atoms with E-state index in [1.54, 1.807) is 0 Å². The molecule has 0 bridgehead atoms. The molecule has 1 aromatic carbocycles. The van der Waals surface area contributed by atoms with Gasteiger partial charge in [0.25, 0.3) is 0 Å². The molecule has 0 aromatic heterocycles. The molecule has 1 saturated heterocycles. The number of ether oxygens (including phenoxy) is 1. The van der Waals surface area contributed by atoms with E-state index in [-0.39, 0.29) is 18.1 Å². The van der Waals surface area contributed by atoms with Gasteiger partial charge < -0.3 is 10.1 Å². The molecule has 1 aliphatic rings. The summed E-state index contributed by atoms with van der Waals surface area (Å²) in [4.78, 5) is 14.5. The molecular weight excluding hydrogens is 300 g/mol. The van der Waals surface area contributed by atoms with Gasteiger partial charge in [-0.3, -0.25) is 9.69 Å². The van der Waals surface area contributed by atoms with Crippen molar-refractivity contribution in [3.8, 4) is 0 Å². The van der Waals surface area contributed by atoms with E-state index in [0.717, 1.165) is 31.6 Å². The van der Waals surface area contributed by atoms with Crippen LogP contribution in [-0.2, 0) is 22.6 Å². The van der Waals surface area contributed by atoms with Gasteiger partial charge in [-0.1, -0.05) is 37.3 Å². The molecule has 1 heterocycles. The van der Waals surface area contributed by atoms with Crippen LogP contribution in [-0.4, -0.2) is 36.1 Å². The van der Waals surface area contributed by atoms with Crippen molar-refractivity contribution in [2.24, 2.45) is 0 Å². The normalized spacial score (nSPS) is 22.4. The summed E-state index contributed by atoms with van der Waals surface area (Å²) in [7, 11) is 0. The zero-order valence-electron chi connectivity index (χ0n) is 15.3. The molecule has 0 unspecified atom stereocenters.